The zero-order valence-electron chi connectivity index (χ0n) is 2.33. The molecule has 0 aromatic heterocycles. The number of hydrogen-bond donors (Lipinski definition) is 0. The Morgan fingerprint density at radius 3 is 0.750 bits per heavy atom. The molecule has 0 aromatic rings. The van der Waals surface area contributed by atoms with Crippen LogP contribution in [0.5, 0.6) is 0 Å². The molecule has 0 aliphatic carbocycles. The van der Waals surface area contributed by atoms with Crippen LogP contribution in [-0.2, 0) is 0 Å². The summed E-state index contributed by atoms with van der Waals surface area (Å²) in [6, 6.07) is 0. The van der Waals surface area contributed by atoms with Gasteiger partial charge in [0.1, 0.15) is 0 Å². The summed E-state index contributed by atoms with van der Waals surface area (Å²) in [5.74, 6) is 0. The van der Waals surface area contributed by atoms with Crippen molar-refractivity contribution in [3.8, 4) is 0 Å². The van der Waals surface area contributed by atoms with E-state index in [-0.39, 0.29) is 103 Å². The van der Waals surface area contributed by atoms with Gasteiger partial charge in [-0.15, -0.1) is 0 Å². The van der Waals surface area contributed by atoms with Crippen molar-refractivity contribution in [1.82, 2.24) is 0 Å². The molecule has 0 fully saturated rings. The average molecular weight is 314 g/mol. The smallest absolute Gasteiger partial charge is 1.00 e. The van der Waals surface area contributed by atoms with Gasteiger partial charge in [-0.3, -0.25) is 0 Å². The van der Waals surface area contributed by atoms with Gasteiger partial charge in [0.05, 0.1) is 0 Å². The first-order valence-electron chi connectivity index (χ1n) is 0. The molecule has 18 valence electrons. The summed E-state index contributed by atoms with van der Waals surface area (Å²) in [6.07, 6.45) is 0. The quantitative estimate of drug-likeness (QED) is 0.390. The van der Waals surface area contributed by atoms with Crippen LogP contribution in [0.15, 0.2) is 0 Å². The van der Waals surface area contributed by atoms with Crippen molar-refractivity contribution in [2.75, 3.05) is 0 Å². The van der Waals surface area contributed by atoms with Crippen molar-refractivity contribution in [2.45, 2.75) is 0 Å². The van der Waals surface area contributed by atoms with Gasteiger partial charge in [0, 0.05) is 0 Å². The molecule has 0 nitrogen and oxygen atoms in total. The summed E-state index contributed by atoms with van der Waals surface area (Å²) in [5.41, 5.74) is 0. The zero-order chi connectivity index (χ0) is 0. The van der Waals surface area contributed by atoms with Crippen LogP contribution < -0.4 is 76.2 Å². The molecule has 0 unspecified atom stereocenters. The second kappa shape index (κ2) is 16.5. The Hall–Kier alpha value is 3.14. The molecule has 0 amide bonds. The Bertz CT molecular complexity index is 6.00. The fraction of sp³-hybridized carbons (Fsp3) is 0. The minimum absolute atomic E-state index is 0. The van der Waals surface area contributed by atoms with Crippen LogP contribution in [0.2, 0.25) is 0 Å². The number of halogens is 2. The first-order chi connectivity index (χ1) is 0. The molecule has 0 aromatic carbocycles. The van der Waals surface area contributed by atoms with Gasteiger partial charge in [0.15, 0.2) is 0 Å². The van der Waals surface area contributed by atoms with Crippen LogP contribution in [0.1, 0.15) is 0 Å². The van der Waals surface area contributed by atoms with Gasteiger partial charge in [-0.05, 0) is 0 Å². The molecule has 0 saturated heterocycles. The van der Waals surface area contributed by atoms with Gasteiger partial charge in [-0.25, -0.2) is 0 Å². The Kier molecular flexibility index (Phi) is 112. The van der Waals surface area contributed by atoms with Crippen molar-refractivity contribution in [2.24, 2.45) is 0 Å². The topological polar surface area (TPSA) is 0 Å². The summed E-state index contributed by atoms with van der Waals surface area (Å²) in [5, 5.41) is 0. The number of hydrogen-bond acceptors (Lipinski definition) is 0. The maximum atomic E-state index is 0. The third-order valence-corrected chi connectivity index (χ3v) is 0. The van der Waals surface area contributed by atoms with Crippen LogP contribution in [0.3, 0.4) is 0 Å². The Morgan fingerprint density at radius 1 is 0.750 bits per heavy atom. The predicted molar refractivity (Wildman–Crippen MR) is 5.75 cm³/mol. The Labute approximate surface area is 101 Å². The molecular formula is Cl2KTl. The van der Waals surface area contributed by atoms with Crippen molar-refractivity contribution in [3.63, 3.8) is 0 Å². The molecule has 4 heavy (non-hydrogen) atoms. The molecular weight excluding hydrogens is 314 g/mol. The molecule has 0 saturated carbocycles. The third-order valence-electron chi connectivity index (χ3n) is 0. The molecule has 0 N–H and O–H groups in total. The van der Waals surface area contributed by atoms with Crippen molar-refractivity contribution < 1.29 is 76.2 Å². The second-order valence-electron chi connectivity index (χ2n) is 0. The fourth-order valence-electron chi connectivity index (χ4n) is 0. The van der Waals surface area contributed by atoms with Crippen LogP contribution in [0.4, 0.5) is 0 Å². The molecule has 0 spiro atoms. The van der Waals surface area contributed by atoms with E-state index in [9.17, 15) is 0 Å². The molecule has 0 rings (SSSR count). The minimum Gasteiger partial charge on any atom is -1.00 e. The van der Waals surface area contributed by atoms with Crippen molar-refractivity contribution in [3.05, 3.63) is 0 Å². The zero-order valence-corrected chi connectivity index (χ0v) is 11.5. The summed E-state index contributed by atoms with van der Waals surface area (Å²) >= 11 is 0. The average Bonchev–Trinajstić information content (AvgIpc) is 0. The van der Waals surface area contributed by atoms with E-state index in [0.29, 0.717) is 0 Å². The van der Waals surface area contributed by atoms with Crippen LogP contribution in [0, 0.1) is 0 Å². The normalized spacial score (nSPS) is 0. The number of rotatable bonds is 0. The van der Waals surface area contributed by atoms with Crippen LogP contribution in [0.25, 0.3) is 0 Å². The molecule has 0 bridgehead atoms. The first kappa shape index (κ1) is 27.3. The third kappa shape index (κ3) is 8.93. The SMILES string of the molecule is [Cl-].[Cl-].[K+].[Tl+]. The van der Waals surface area contributed by atoms with Gasteiger partial charge >= 0.3 is 78.7 Å². The van der Waals surface area contributed by atoms with E-state index >= 15 is 0 Å². The molecule has 0 heterocycles. The standard InChI is InChI=1S/2ClH.K.Tl/h2*1H;;/q;;2*+1/p-2. The summed E-state index contributed by atoms with van der Waals surface area (Å²) in [4.78, 5) is 0. The second-order valence-corrected chi connectivity index (χ2v) is 0. The van der Waals surface area contributed by atoms with Crippen molar-refractivity contribution >= 4 is 27.3 Å². The van der Waals surface area contributed by atoms with E-state index in [1.807, 2.05) is 0 Å². The Morgan fingerprint density at radius 2 is 0.750 bits per heavy atom. The van der Waals surface area contributed by atoms with Crippen molar-refractivity contribution in [1.29, 1.82) is 0 Å². The molecule has 4 heteroatoms. The molecule has 0 radical (unpaired) electrons. The van der Waals surface area contributed by atoms with Crippen LogP contribution in [-0.4, -0.2) is 27.3 Å². The molecule has 0 aliphatic heterocycles. The van der Waals surface area contributed by atoms with Gasteiger partial charge in [0.25, 0.3) is 0 Å². The predicted octanol–water partition coefficient (Wildman–Crippen LogP) is -9.37. The van der Waals surface area contributed by atoms with E-state index in [1.165, 1.54) is 0 Å². The van der Waals surface area contributed by atoms with Gasteiger partial charge in [-0.1, -0.05) is 0 Å². The maximum Gasteiger partial charge on any atom is 1.00 e. The van der Waals surface area contributed by atoms with Gasteiger partial charge in [0.2, 0.25) is 0 Å². The largest absolute Gasteiger partial charge is 1.00 e. The van der Waals surface area contributed by atoms with E-state index in [0.717, 1.165) is 0 Å². The van der Waals surface area contributed by atoms with Gasteiger partial charge < -0.3 is 24.8 Å². The fourth-order valence-corrected chi connectivity index (χ4v) is 0. The van der Waals surface area contributed by atoms with E-state index in [4.69, 9.17) is 0 Å². The molecule has 0 atom stereocenters. The maximum absolute atomic E-state index is 0. The first-order valence-corrected chi connectivity index (χ1v) is 0. The summed E-state index contributed by atoms with van der Waals surface area (Å²) < 4.78 is 0. The van der Waals surface area contributed by atoms with E-state index in [1.54, 1.807) is 0 Å². The summed E-state index contributed by atoms with van der Waals surface area (Å²) in [7, 11) is 0. The monoisotopic (exact) mass is 314 g/mol. The summed E-state index contributed by atoms with van der Waals surface area (Å²) in [6.45, 7) is 0. The van der Waals surface area contributed by atoms with Crippen LogP contribution >= 0.6 is 0 Å². The molecule has 0 aliphatic rings. The Balaban J connectivity index is 0. The minimum atomic E-state index is 0. The van der Waals surface area contributed by atoms with E-state index < -0.39 is 0 Å². The van der Waals surface area contributed by atoms with E-state index in [2.05, 4.69) is 0 Å². The van der Waals surface area contributed by atoms with Gasteiger partial charge in [-0.2, -0.15) is 0 Å².